The van der Waals surface area contributed by atoms with Gasteiger partial charge < -0.3 is 15.7 Å². The van der Waals surface area contributed by atoms with Gasteiger partial charge in [-0.1, -0.05) is 6.07 Å². The molecule has 0 fully saturated rings. The number of anilines is 1. The molecule has 0 unspecified atom stereocenters. The van der Waals surface area contributed by atoms with Gasteiger partial charge in [-0.2, -0.15) is 0 Å². The fourth-order valence-electron chi connectivity index (χ4n) is 1.93. The predicted octanol–water partition coefficient (Wildman–Crippen LogP) is 1.41. The van der Waals surface area contributed by atoms with E-state index in [4.69, 9.17) is 10.8 Å². The minimum atomic E-state index is -0.646. The Labute approximate surface area is 117 Å². The summed E-state index contributed by atoms with van der Waals surface area (Å²) in [6.07, 6.45) is 0.417. The Kier molecular flexibility index (Phi) is 5.45. The number of nitro benzene ring substituents is 1. The van der Waals surface area contributed by atoms with Gasteiger partial charge in [0, 0.05) is 19.2 Å². The van der Waals surface area contributed by atoms with E-state index in [0.29, 0.717) is 13.0 Å². The van der Waals surface area contributed by atoms with Gasteiger partial charge in [0.05, 0.1) is 4.92 Å². The minimum absolute atomic E-state index is 0.0263. The summed E-state index contributed by atoms with van der Waals surface area (Å²) < 4.78 is 0. The average Bonchev–Trinajstić information content (AvgIpc) is 2.37. The number of benzene rings is 1. The van der Waals surface area contributed by atoms with E-state index in [2.05, 4.69) is 0 Å². The topological polar surface area (TPSA) is 110 Å². The summed E-state index contributed by atoms with van der Waals surface area (Å²) in [4.78, 5) is 24.4. The van der Waals surface area contributed by atoms with Gasteiger partial charge in [0.1, 0.15) is 11.3 Å². The van der Waals surface area contributed by atoms with Gasteiger partial charge in [-0.25, -0.2) is 0 Å². The van der Waals surface area contributed by atoms with Crippen molar-refractivity contribution in [2.75, 3.05) is 18.9 Å². The van der Waals surface area contributed by atoms with E-state index < -0.39 is 10.8 Å². The maximum atomic E-state index is 12.5. The number of amides is 1. The Morgan fingerprint density at radius 1 is 1.50 bits per heavy atom. The zero-order valence-electron chi connectivity index (χ0n) is 11.6. The zero-order chi connectivity index (χ0) is 15.3. The van der Waals surface area contributed by atoms with Gasteiger partial charge in [0.15, 0.2) is 0 Å². The number of nitro groups is 1. The van der Waals surface area contributed by atoms with Crippen LogP contribution in [0.5, 0.6) is 0 Å². The van der Waals surface area contributed by atoms with E-state index in [1.54, 1.807) is 0 Å². The molecule has 3 N–H and O–H groups in total. The molecule has 0 radical (unpaired) electrons. The fraction of sp³-hybridized carbons (Fsp3) is 0.462. The summed E-state index contributed by atoms with van der Waals surface area (Å²) in [6, 6.07) is 4.17. The highest BCUT2D eigenvalue weighted by Crippen LogP contribution is 2.27. The van der Waals surface area contributed by atoms with Crippen molar-refractivity contribution in [2.45, 2.75) is 26.3 Å². The molecular weight excluding hydrogens is 262 g/mol. The molecule has 1 aromatic rings. The number of nitrogens with two attached hydrogens (primary N) is 1. The molecule has 1 rings (SSSR count). The second-order valence-corrected chi connectivity index (χ2v) is 4.67. The quantitative estimate of drug-likeness (QED) is 0.465. The van der Waals surface area contributed by atoms with Crippen LogP contribution in [-0.2, 0) is 0 Å². The third-order valence-corrected chi connectivity index (χ3v) is 2.92. The van der Waals surface area contributed by atoms with E-state index in [-0.39, 0.29) is 29.6 Å². The van der Waals surface area contributed by atoms with Crippen molar-refractivity contribution in [2.24, 2.45) is 0 Å². The van der Waals surface area contributed by atoms with Crippen molar-refractivity contribution in [3.8, 4) is 0 Å². The van der Waals surface area contributed by atoms with Crippen LogP contribution >= 0.6 is 0 Å². The first kappa shape index (κ1) is 15.9. The highest BCUT2D eigenvalue weighted by molar-refractivity contribution is 6.00. The van der Waals surface area contributed by atoms with Gasteiger partial charge in [-0.15, -0.1) is 0 Å². The molecule has 1 aromatic carbocycles. The summed E-state index contributed by atoms with van der Waals surface area (Å²) in [6.45, 7) is 3.91. The molecule has 0 aliphatic carbocycles. The lowest BCUT2D eigenvalue weighted by Crippen LogP contribution is -2.38. The number of rotatable bonds is 6. The summed E-state index contributed by atoms with van der Waals surface area (Å²) in [5, 5.41) is 19.9. The number of aliphatic hydroxyl groups excluding tert-OH is 1. The Balaban J connectivity index is 3.18. The normalized spacial score (nSPS) is 10.6. The smallest absolute Gasteiger partial charge is 0.304 e. The number of carbonyl (C=O) groups is 1. The van der Waals surface area contributed by atoms with E-state index >= 15 is 0 Å². The molecule has 0 bridgehead atoms. The SMILES string of the molecule is CC(C)N(CCCO)C(=O)c1cccc(N)c1[N+](=O)[O-]. The van der Waals surface area contributed by atoms with Gasteiger partial charge >= 0.3 is 5.69 Å². The molecule has 110 valence electrons. The average molecular weight is 281 g/mol. The van der Waals surface area contributed by atoms with Gasteiger partial charge in [0.25, 0.3) is 5.91 Å². The minimum Gasteiger partial charge on any atom is -0.396 e. The van der Waals surface area contributed by atoms with Crippen molar-refractivity contribution in [1.82, 2.24) is 4.90 Å². The van der Waals surface area contributed by atoms with Gasteiger partial charge in [-0.05, 0) is 32.4 Å². The molecule has 0 saturated heterocycles. The Morgan fingerprint density at radius 3 is 2.65 bits per heavy atom. The molecule has 0 aliphatic heterocycles. The highest BCUT2D eigenvalue weighted by atomic mass is 16.6. The second-order valence-electron chi connectivity index (χ2n) is 4.67. The van der Waals surface area contributed by atoms with E-state index in [9.17, 15) is 14.9 Å². The lowest BCUT2D eigenvalue weighted by molar-refractivity contribution is -0.384. The molecule has 0 heterocycles. The second kappa shape index (κ2) is 6.85. The number of aliphatic hydroxyl groups is 1. The van der Waals surface area contributed by atoms with Crippen molar-refractivity contribution in [1.29, 1.82) is 0 Å². The van der Waals surface area contributed by atoms with Crippen molar-refractivity contribution in [3.63, 3.8) is 0 Å². The van der Waals surface area contributed by atoms with Crippen LogP contribution in [0.1, 0.15) is 30.6 Å². The summed E-state index contributed by atoms with van der Waals surface area (Å²) >= 11 is 0. The first-order valence-electron chi connectivity index (χ1n) is 6.34. The van der Waals surface area contributed by atoms with Crippen LogP contribution in [0.3, 0.4) is 0 Å². The number of para-hydroxylation sites is 1. The van der Waals surface area contributed by atoms with Gasteiger partial charge in [-0.3, -0.25) is 14.9 Å². The molecule has 0 saturated carbocycles. The molecule has 0 aromatic heterocycles. The molecule has 0 aliphatic rings. The maximum Gasteiger partial charge on any atom is 0.304 e. The summed E-state index contributed by atoms with van der Waals surface area (Å²) in [5.41, 5.74) is 5.15. The Morgan fingerprint density at radius 2 is 2.15 bits per heavy atom. The molecular formula is C13H19N3O4. The Bertz CT molecular complexity index is 502. The van der Waals surface area contributed by atoms with Crippen LogP contribution < -0.4 is 5.73 Å². The predicted molar refractivity (Wildman–Crippen MR) is 75.4 cm³/mol. The lowest BCUT2D eigenvalue weighted by Gasteiger charge is -2.26. The van der Waals surface area contributed by atoms with Crippen LogP contribution in [0.2, 0.25) is 0 Å². The summed E-state index contributed by atoms with van der Waals surface area (Å²) in [5.74, 6) is -0.451. The number of hydrogen-bond acceptors (Lipinski definition) is 5. The van der Waals surface area contributed by atoms with Crippen molar-refractivity contribution in [3.05, 3.63) is 33.9 Å². The number of nitrogens with zero attached hydrogens (tertiary/aromatic N) is 2. The number of hydrogen-bond donors (Lipinski definition) is 2. The Hall–Kier alpha value is -2.15. The number of nitrogen functional groups attached to an aromatic ring is 1. The number of carbonyl (C=O) groups excluding carboxylic acids is 1. The van der Waals surface area contributed by atoms with Crippen LogP contribution in [0, 0.1) is 10.1 Å². The molecule has 7 nitrogen and oxygen atoms in total. The zero-order valence-corrected chi connectivity index (χ0v) is 11.6. The molecule has 1 amide bonds. The first-order chi connectivity index (χ1) is 9.40. The van der Waals surface area contributed by atoms with Crippen LogP contribution in [0.25, 0.3) is 0 Å². The van der Waals surface area contributed by atoms with Crippen LogP contribution in [0.15, 0.2) is 18.2 Å². The van der Waals surface area contributed by atoms with E-state index in [1.165, 1.54) is 23.1 Å². The third-order valence-electron chi connectivity index (χ3n) is 2.92. The largest absolute Gasteiger partial charge is 0.396 e. The molecule has 7 heteroatoms. The maximum absolute atomic E-state index is 12.5. The van der Waals surface area contributed by atoms with Crippen molar-refractivity contribution < 1.29 is 14.8 Å². The fourth-order valence-corrected chi connectivity index (χ4v) is 1.93. The lowest BCUT2D eigenvalue weighted by atomic mass is 10.1. The van der Waals surface area contributed by atoms with Crippen molar-refractivity contribution >= 4 is 17.3 Å². The summed E-state index contributed by atoms with van der Waals surface area (Å²) in [7, 11) is 0. The standard InChI is InChI=1S/C13H19N3O4/c1-9(2)15(7-4-8-17)13(18)10-5-3-6-11(14)12(10)16(19)20/h3,5-6,9,17H,4,7-8,14H2,1-2H3. The van der Waals surface area contributed by atoms with Gasteiger partial charge in [0.2, 0.25) is 0 Å². The first-order valence-corrected chi connectivity index (χ1v) is 6.34. The molecule has 20 heavy (non-hydrogen) atoms. The highest BCUT2D eigenvalue weighted by Gasteiger charge is 2.27. The molecule has 0 atom stereocenters. The van der Waals surface area contributed by atoms with E-state index in [0.717, 1.165) is 0 Å². The van der Waals surface area contributed by atoms with Crippen LogP contribution in [-0.4, -0.2) is 40.0 Å². The van der Waals surface area contributed by atoms with E-state index in [1.807, 2.05) is 13.8 Å². The van der Waals surface area contributed by atoms with Crippen LogP contribution in [0.4, 0.5) is 11.4 Å². The monoisotopic (exact) mass is 281 g/mol. The molecule has 0 spiro atoms. The third kappa shape index (κ3) is 3.45.